The number of Topliss-reactive ketones (excluding diaryl/α,β-unsaturated/α-hetero) is 1. The van der Waals surface area contributed by atoms with Crippen LogP contribution in [0.5, 0.6) is 5.88 Å². The zero-order valence-electron chi connectivity index (χ0n) is 16.3. The van der Waals surface area contributed by atoms with Crippen molar-refractivity contribution in [1.29, 1.82) is 0 Å². The summed E-state index contributed by atoms with van der Waals surface area (Å²) in [5, 5.41) is -0.128. The Balaban J connectivity index is 2.01. The number of carbonyl (C=O) groups excluding carboxylic acids is 1. The number of hydrogen-bond acceptors (Lipinski definition) is 4. The molecule has 146 valence electrons. The molecule has 0 aliphatic rings. The summed E-state index contributed by atoms with van der Waals surface area (Å²) in [4.78, 5) is 29.2. The number of carbonyl (C=O) groups is 1. The number of aryl methyl sites for hydroxylation is 3. The Labute approximate surface area is 173 Å². The van der Waals surface area contributed by atoms with Crippen molar-refractivity contribution in [3.63, 3.8) is 0 Å². The summed E-state index contributed by atoms with van der Waals surface area (Å²) in [5.41, 5.74) is 3.15. The number of rotatable bonds is 5. The summed E-state index contributed by atoms with van der Waals surface area (Å²) in [6.07, 6.45) is 5.21. The van der Waals surface area contributed by atoms with Crippen LogP contribution in [0.15, 0.2) is 47.3 Å². The SMILES string of the molecule is C#CC(=O)c1ccc(C)c(-n2c(C)nc(OCc3cccc(C)c3)c(Cl)c2=O)c1. The number of benzene rings is 2. The van der Waals surface area contributed by atoms with Gasteiger partial charge in [-0.15, -0.1) is 6.42 Å². The molecule has 1 heterocycles. The number of terminal acetylenes is 1. The third kappa shape index (κ3) is 4.23. The first kappa shape index (κ1) is 20.4. The Morgan fingerprint density at radius 2 is 1.97 bits per heavy atom. The predicted octanol–water partition coefficient (Wildman–Crippen LogP) is 4.21. The lowest BCUT2D eigenvalue weighted by molar-refractivity contribution is 0.105. The summed E-state index contributed by atoms with van der Waals surface area (Å²) in [6, 6.07) is 12.7. The van der Waals surface area contributed by atoms with Gasteiger partial charge in [0.2, 0.25) is 11.7 Å². The van der Waals surface area contributed by atoms with Crippen molar-refractivity contribution in [1.82, 2.24) is 9.55 Å². The molecule has 0 atom stereocenters. The highest BCUT2D eigenvalue weighted by molar-refractivity contribution is 6.31. The second-order valence-electron chi connectivity index (χ2n) is 6.67. The molecule has 0 saturated carbocycles. The van der Waals surface area contributed by atoms with Gasteiger partial charge in [0.05, 0.1) is 5.69 Å². The Morgan fingerprint density at radius 3 is 2.66 bits per heavy atom. The van der Waals surface area contributed by atoms with Gasteiger partial charge in [0.1, 0.15) is 12.4 Å². The van der Waals surface area contributed by atoms with Crippen molar-refractivity contribution in [2.24, 2.45) is 0 Å². The fraction of sp³-hybridized carbons (Fsp3) is 0.174. The largest absolute Gasteiger partial charge is 0.472 e. The van der Waals surface area contributed by atoms with E-state index in [1.807, 2.05) is 38.1 Å². The van der Waals surface area contributed by atoms with Crippen LogP contribution < -0.4 is 10.3 Å². The van der Waals surface area contributed by atoms with E-state index in [4.69, 9.17) is 22.8 Å². The van der Waals surface area contributed by atoms with Gasteiger partial charge in [0.25, 0.3) is 5.56 Å². The standard InChI is InChI=1S/C23H19ClN2O3/c1-5-20(27)18-10-9-15(3)19(12-18)26-16(4)25-22(21(24)23(26)28)29-13-17-8-6-7-14(2)11-17/h1,6-12H,13H2,2-4H3. The number of halogens is 1. The summed E-state index contributed by atoms with van der Waals surface area (Å²) in [5.74, 6) is 2.06. The van der Waals surface area contributed by atoms with E-state index >= 15 is 0 Å². The summed E-state index contributed by atoms with van der Waals surface area (Å²) in [6.45, 7) is 5.72. The number of ketones is 1. The van der Waals surface area contributed by atoms with Gasteiger partial charge in [-0.2, -0.15) is 4.98 Å². The summed E-state index contributed by atoms with van der Waals surface area (Å²) < 4.78 is 7.05. The van der Waals surface area contributed by atoms with Gasteiger partial charge in [-0.05, 0) is 50.0 Å². The summed E-state index contributed by atoms with van der Waals surface area (Å²) in [7, 11) is 0. The quantitative estimate of drug-likeness (QED) is 0.362. The van der Waals surface area contributed by atoms with Crippen LogP contribution in [-0.2, 0) is 6.61 Å². The van der Waals surface area contributed by atoms with Crippen LogP contribution in [0.3, 0.4) is 0 Å². The first-order valence-electron chi connectivity index (χ1n) is 8.91. The number of hydrogen-bond donors (Lipinski definition) is 0. The third-order valence-corrected chi connectivity index (χ3v) is 4.79. The fourth-order valence-electron chi connectivity index (χ4n) is 2.99. The van der Waals surface area contributed by atoms with Crippen molar-refractivity contribution in [3.8, 4) is 23.9 Å². The minimum atomic E-state index is -0.480. The van der Waals surface area contributed by atoms with Crippen molar-refractivity contribution in [3.05, 3.63) is 85.9 Å². The molecule has 3 rings (SSSR count). The van der Waals surface area contributed by atoms with E-state index in [0.29, 0.717) is 17.1 Å². The zero-order valence-corrected chi connectivity index (χ0v) is 17.1. The molecule has 0 aliphatic carbocycles. The molecule has 0 saturated heterocycles. The van der Waals surface area contributed by atoms with Crippen LogP contribution in [-0.4, -0.2) is 15.3 Å². The molecule has 0 N–H and O–H groups in total. The average molecular weight is 407 g/mol. The van der Waals surface area contributed by atoms with E-state index in [9.17, 15) is 9.59 Å². The van der Waals surface area contributed by atoms with Crippen LogP contribution >= 0.6 is 11.6 Å². The Kier molecular flexibility index (Phi) is 5.86. The molecule has 0 bridgehead atoms. The molecule has 29 heavy (non-hydrogen) atoms. The second-order valence-corrected chi connectivity index (χ2v) is 7.05. The molecule has 0 unspecified atom stereocenters. The minimum Gasteiger partial charge on any atom is -0.472 e. The Hall–Kier alpha value is -3.36. The molecule has 6 heteroatoms. The molecule has 0 fully saturated rings. The average Bonchev–Trinajstić information content (AvgIpc) is 2.70. The first-order chi connectivity index (χ1) is 13.8. The molecule has 0 radical (unpaired) electrons. The molecule has 5 nitrogen and oxygen atoms in total. The molecule has 0 spiro atoms. The van der Waals surface area contributed by atoms with Crippen molar-refractivity contribution in [2.45, 2.75) is 27.4 Å². The predicted molar refractivity (Wildman–Crippen MR) is 113 cm³/mol. The topological polar surface area (TPSA) is 61.2 Å². The highest BCUT2D eigenvalue weighted by atomic mass is 35.5. The molecular weight excluding hydrogens is 388 g/mol. The van der Waals surface area contributed by atoms with E-state index in [0.717, 1.165) is 16.7 Å². The van der Waals surface area contributed by atoms with Gasteiger partial charge in [0.15, 0.2) is 5.02 Å². The van der Waals surface area contributed by atoms with E-state index in [2.05, 4.69) is 10.9 Å². The van der Waals surface area contributed by atoms with Crippen LogP contribution in [0.2, 0.25) is 5.02 Å². The van der Waals surface area contributed by atoms with Gasteiger partial charge < -0.3 is 4.74 Å². The lowest BCUT2D eigenvalue weighted by atomic mass is 10.1. The summed E-state index contributed by atoms with van der Waals surface area (Å²) >= 11 is 6.28. The van der Waals surface area contributed by atoms with Gasteiger partial charge in [-0.3, -0.25) is 14.2 Å². The lowest BCUT2D eigenvalue weighted by Gasteiger charge is -2.15. The maximum atomic E-state index is 13.0. The van der Waals surface area contributed by atoms with Gasteiger partial charge in [-0.1, -0.05) is 47.5 Å². The normalized spacial score (nSPS) is 10.4. The molecule has 1 aromatic heterocycles. The highest BCUT2D eigenvalue weighted by Gasteiger charge is 2.18. The van der Waals surface area contributed by atoms with E-state index in [-0.39, 0.29) is 17.5 Å². The Morgan fingerprint density at radius 1 is 1.21 bits per heavy atom. The third-order valence-electron chi connectivity index (χ3n) is 4.47. The monoisotopic (exact) mass is 406 g/mol. The van der Waals surface area contributed by atoms with Gasteiger partial charge in [-0.25, -0.2) is 0 Å². The zero-order chi connectivity index (χ0) is 21.1. The molecule has 0 aliphatic heterocycles. The number of nitrogens with zero attached hydrogens (tertiary/aromatic N) is 2. The smallest absolute Gasteiger partial charge is 0.280 e. The van der Waals surface area contributed by atoms with Crippen LogP contribution in [0.4, 0.5) is 0 Å². The van der Waals surface area contributed by atoms with Crippen LogP contribution in [0.1, 0.15) is 32.9 Å². The highest BCUT2D eigenvalue weighted by Crippen LogP contribution is 2.23. The van der Waals surface area contributed by atoms with E-state index < -0.39 is 11.3 Å². The molecular formula is C23H19ClN2O3. The van der Waals surface area contributed by atoms with E-state index in [1.165, 1.54) is 4.57 Å². The van der Waals surface area contributed by atoms with Crippen molar-refractivity contribution >= 4 is 17.4 Å². The van der Waals surface area contributed by atoms with Crippen molar-refractivity contribution < 1.29 is 9.53 Å². The maximum absolute atomic E-state index is 13.0. The second kappa shape index (κ2) is 8.34. The number of aromatic nitrogens is 2. The Bertz CT molecular complexity index is 1210. The fourth-order valence-corrected chi connectivity index (χ4v) is 3.17. The van der Waals surface area contributed by atoms with Crippen molar-refractivity contribution in [2.75, 3.05) is 0 Å². The van der Waals surface area contributed by atoms with Gasteiger partial charge in [0, 0.05) is 5.56 Å². The van der Waals surface area contributed by atoms with Crippen LogP contribution in [0.25, 0.3) is 5.69 Å². The minimum absolute atomic E-state index is 0.0698. The van der Waals surface area contributed by atoms with Gasteiger partial charge >= 0.3 is 0 Å². The lowest BCUT2D eigenvalue weighted by Crippen LogP contribution is -2.24. The molecule has 3 aromatic rings. The first-order valence-corrected chi connectivity index (χ1v) is 9.29. The molecule has 0 amide bonds. The van der Waals surface area contributed by atoms with E-state index in [1.54, 1.807) is 25.1 Å². The maximum Gasteiger partial charge on any atom is 0.280 e. The molecule has 2 aromatic carbocycles. The number of ether oxygens (including phenoxy) is 1. The van der Waals surface area contributed by atoms with Crippen LogP contribution in [0, 0.1) is 33.1 Å².